The molecule has 0 aromatic heterocycles. The molecule has 0 aromatic rings. The maximum absolute atomic E-state index is 5.60. The molecule has 0 aromatic carbocycles. The molecule has 0 heterocycles. The van der Waals surface area contributed by atoms with E-state index in [4.69, 9.17) is 4.74 Å². The molecular formula is C11H19NO. The van der Waals surface area contributed by atoms with Crippen molar-refractivity contribution in [2.75, 3.05) is 13.8 Å². The summed E-state index contributed by atoms with van der Waals surface area (Å²) in [5, 5.41) is 3.00. The average Bonchev–Trinajstić information content (AvgIpc) is 2.17. The van der Waals surface area contributed by atoms with Crippen molar-refractivity contribution in [3.8, 4) is 11.8 Å². The van der Waals surface area contributed by atoms with Crippen molar-refractivity contribution >= 4 is 0 Å². The Kier molecular flexibility index (Phi) is 4.88. The van der Waals surface area contributed by atoms with Crippen LogP contribution in [0.25, 0.3) is 0 Å². The molecule has 0 unspecified atom stereocenters. The third-order valence-electron chi connectivity index (χ3n) is 2.49. The van der Waals surface area contributed by atoms with Crippen molar-refractivity contribution in [3.63, 3.8) is 0 Å². The molecule has 1 aliphatic carbocycles. The molecule has 1 aliphatic rings. The molecule has 2 nitrogen and oxygen atoms in total. The highest BCUT2D eigenvalue weighted by molar-refractivity contribution is 5.02. The van der Waals surface area contributed by atoms with E-state index in [1.165, 1.54) is 25.7 Å². The lowest BCUT2D eigenvalue weighted by Gasteiger charge is -2.25. The molecule has 0 atom stereocenters. The lowest BCUT2D eigenvalue weighted by atomic mass is 9.88. The molecule has 74 valence electrons. The Labute approximate surface area is 81.0 Å². The quantitative estimate of drug-likeness (QED) is 0.529. The van der Waals surface area contributed by atoms with Crippen LogP contribution in [0.4, 0.5) is 0 Å². The molecule has 0 bridgehead atoms. The van der Waals surface area contributed by atoms with Gasteiger partial charge in [0, 0.05) is 5.92 Å². The van der Waals surface area contributed by atoms with Crippen LogP contribution >= 0.6 is 0 Å². The van der Waals surface area contributed by atoms with Crippen LogP contribution in [0.3, 0.4) is 0 Å². The molecular weight excluding hydrogens is 162 g/mol. The molecule has 0 aliphatic heterocycles. The number of hydrogen-bond donors (Lipinski definition) is 1. The minimum absolute atomic E-state index is 0.461. The van der Waals surface area contributed by atoms with E-state index in [0.29, 0.717) is 18.8 Å². The monoisotopic (exact) mass is 181 g/mol. The molecule has 1 fully saturated rings. The molecule has 0 saturated heterocycles. The Morgan fingerprint density at radius 2 is 2.00 bits per heavy atom. The van der Waals surface area contributed by atoms with E-state index in [2.05, 4.69) is 17.2 Å². The first-order chi connectivity index (χ1) is 6.36. The van der Waals surface area contributed by atoms with Crippen molar-refractivity contribution in [2.45, 2.75) is 38.7 Å². The predicted molar refractivity (Wildman–Crippen MR) is 54.2 cm³/mol. The minimum Gasteiger partial charge on any atom is -0.363 e. The first-order valence-electron chi connectivity index (χ1n) is 5.05. The van der Waals surface area contributed by atoms with Gasteiger partial charge in [0.15, 0.2) is 0 Å². The van der Waals surface area contributed by atoms with Crippen LogP contribution in [0.5, 0.6) is 0 Å². The summed E-state index contributed by atoms with van der Waals surface area (Å²) in [6.45, 7) is 2.60. The van der Waals surface area contributed by atoms with Gasteiger partial charge < -0.3 is 4.74 Å². The van der Waals surface area contributed by atoms with Crippen molar-refractivity contribution in [1.29, 1.82) is 0 Å². The van der Waals surface area contributed by atoms with Crippen molar-refractivity contribution in [1.82, 2.24) is 5.32 Å². The van der Waals surface area contributed by atoms with Gasteiger partial charge in [0.05, 0.1) is 12.8 Å². The number of hydrogen-bond acceptors (Lipinski definition) is 2. The highest BCUT2D eigenvalue weighted by Gasteiger charge is 2.19. The molecule has 1 N–H and O–H groups in total. The normalized spacial score (nSPS) is 27.8. The third-order valence-corrected chi connectivity index (χ3v) is 2.49. The Morgan fingerprint density at radius 1 is 1.31 bits per heavy atom. The van der Waals surface area contributed by atoms with E-state index < -0.39 is 0 Å². The summed E-state index contributed by atoms with van der Waals surface area (Å²) in [6, 6.07) is 0. The Hall–Kier alpha value is -0.520. The minimum atomic E-state index is 0.461. The van der Waals surface area contributed by atoms with Gasteiger partial charge in [0.1, 0.15) is 0 Å². The van der Waals surface area contributed by atoms with Crippen LogP contribution in [0.2, 0.25) is 0 Å². The fourth-order valence-corrected chi connectivity index (χ4v) is 1.78. The zero-order chi connectivity index (χ0) is 9.52. The fraction of sp³-hybridized carbons (Fsp3) is 0.818. The van der Waals surface area contributed by atoms with Gasteiger partial charge in [-0.1, -0.05) is 0 Å². The van der Waals surface area contributed by atoms with Gasteiger partial charge in [-0.05, 0) is 39.7 Å². The van der Waals surface area contributed by atoms with E-state index >= 15 is 0 Å². The summed E-state index contributed by atoms with van der Waals surface area (Å²) >= 11 is 0. The Morgan fingerprint density at radius 3 is 2.54 bits per heavy atom. The maximum atomic E-state index is 5.60. The summed E-state index contributed by atoms with van der Waals surface area (Å²) in [6.07, 6.45) is 5.20. The zero-order valence-electron chi connectivity index (χ0n) is 8.60. The van der Waals surface area contributed by atoms with Crippen LogP contribution in [-0.4, -0.2) is 19.9 Å². The summed E-state index contributed by atoms with van der Waals surface area (Å²) < 4.78 is 5.60. The smallest absolute Gasteiger partial charge is 0.0966 e. The zero-order valence-corrected chi connectivity index (χ0v) is 8.60. The summed E-state index contributed by atoms with van der Waals surface area (Å²) in [5.41, 5.74) is 0. The fourth-order valence-electron chi connectivity index (χ4n) is 1.78. The van der Waals surface area contributed by atoms with E-state index in [9.17, 15) is 0 Å². The highest BCUT2D eigenvalue weighted by Crippen LogP contribution is 2.25. The molecule has 2 heteroatoms. The molecule has 0 spiro atoms. The molecule has 0 amide bonds. The SMILES string of the molecule is CC#CC1CCC(OCNC)CC1. The van der Waals surface area contributed by atoms with Crippen molar-refractivity contribution in [2.24, 2.45) is 5.92 Å². The average molecular weight is 181 g/mol. The van der Waals surface area contributed by atoms with Gasteiger partial charge in [0.2, 0.25) is 0 Å². The standard InChI is InChI=1S/C11H19NO/c1-3-4-10-5-7-11(8-6-10)13-9-12-2/h10-12H,5-9H2,1-2H3. The number of ether oxygens (including phenoxy) is 1. The lowest BCUT2D eigenvalue weighted by Crippen LogP contribution is -2.25. The first kappa shape index (κ1) is 10.6. The van der Waals surface area contributed by atoms with Crippen LogP contribution in [0.15, 0.2) is 0 Å². The second-order valence-corrected chi connectivity index (χ2v) is 3.53. The van der Waals surface area contributed by atoms with Crippen LogP contribution in [0.1, 0.15) is 32.6 Å². The van der Waals surface area contributed by atoms with Gasteiger partial charge >= 0.3 is 0 Å². The van der Waals surface area contributed by atoms with E-state index in [1.807, 2.05) is 14.0 Å². The van der Waals surface area contributed by atoms with Crippen molar-refractivity contribution < 1.29 is 4.74 Å². The second-order valence-electron chi connectivity index (χ2n) is 3.53. The summed E-state index contributed by atoms with van der Waals surface area (Å²) in [7, 11) is 1.91. The largest absolute Gasteiger partial charge is 0.363 e. The molecule has 1 saturated carbocycles. The molecule has 0 radical (unpaired) electrons. The lowest BCUT2D eigenvalue weighted by molar-refractivity contribution is 0.0154. The topological polar surface area (TPSA) is 21.3 Å². The molecule has 1 rings (SSSR count). The first-order valence-corrected chi connectivity index (χ1v) is 5.05. The van der Waals surface area contributed by atoms with E-state index in [0.717, 1.165) is 0 Å². The van der Waals surface area contributed by atoms with Crippen LogP contribution < -0.4 is 5.32 Å². The van der Waals surface area contributed by atoms with Gasteiger partial charge in [-0.3, -0.25) is 5.32 Å². The van der Waals surface area contributed by atoms with Gasteiger partial charge in [-0.15, -0.1) is 11.8 Å². The van der Waals surface area contributed by atoms with Gasteiger partial charge in [0.25, 0.3) is 0 Å². The number of rotatable bonds is 3. The maximum Gasteiger partial charge on any atom is 0.0966 e. The van der Waals surface area contributed by atoms with E-state index in [1.54, 1.807) is 0 Å². The van der Waals surface area contributed by atoms with Crippen LogP contribution in [-0.2, 0) is 4.74 Å². The van der Waals surface area contributed by atoms with E-state index in [-0.39, 0.29) is 0 Å². The van der Waals surface area contributed by atoms with Gasteiger partial charge in [-0.2, -0.15) is 0 Å². The highest BCUT2D eigenvalue weighted by atomic mass is 16.5. The second kappa shape index (κ2) is 6.01. The Balaban J connectivity index is 2.17. The van der Waals surface area contributed by atoms with Crippen LogP contribution in [0, 0.1) is 17.8 Å². The predicted octanol–water partition coefficient (Wildman–Crippen LogP) is 1.76. The summed E-state index contributed by atoms with van der Waals surface area (Å²) in [4.78, 5) is 0. The third kappa shape index (κ3) is 3.80. The van der Waals surface area contributed by atoms with Crippen molar-refractivity contribution in [3.05, 3.63) is 0 Å². The molecule has 13 heavy (non-hydrogen) atoms. The van der Waals surface area contributed by atoms with Gasteiger partial charge in [-0.25, -0.2) is 0 Å². The Bertz CT molecular complexity index is 184. The summed E-state index contributed by atoms with van der Waals surface area (Å²) in [5.74, 6) is 6.86. The number of nitrogens with one attached hydrogen (secondary N) is 1.